The van der Waals surface area contributed by atoms with Crippen LogP contribution in [0.3, 0.4) is 0 Å². The summed E-state index contributed by atoms with van der Waals surface area (Å²) in [6.07, 6.45) is 8.72. The lowest BCUT2D eigenvalue weighted by Gasteiger charge is -2.39. The van der Waals surface area contributed by atoms with Crippen LogP contribution in [0.15, 0.2) is 72.4 Å². The Hall–Kier alpha value is -3.35. The molecule has 3 heterocycles. The van der Waals surface area contributed by atoms with Crippen LogP contribution < -0.4 is 10.1 Å². The minimum absolute atomic E-state index is 0.401. The fourth-order valence-electron chi connectivity index (χ4n) is 3.99. The maximum Gasteiger partial charge on any atom is 0.193 e. The molecule has 2 atom stereocenters. The van der Waals surface area contributed by atoms with Gasteiger partial charge in [0.2, 0.25) is 0 Å². The monoisotopic (exact) mass is 418 g/mol. The summed E-state index contributed by atoms with van der Waals surface area (Å²) in [6, 6.07) is 14.4. The van der Waals surface area contributed by atoms with E-state index in [0.29, 0.717) is 25.1 Å². The molecule has 0 aliphatic carbocycles. The van der Waals surface area contributed by atoms with Crippen LogP contribution in [0.1, 0.15) is 30.6 Å². The van der Waals surface area contributed by atoms with Crippen molar-refractivity contribution < 1.29 is 4.74 Å². The number of guanidine groups is 1. The Kier molecular flexibility index (Phi) is 6.82. The lowest BCUT2D eigenvalue weighted by molar-refractivity contribution is 0.189. The van der Waals surface area contributed by atoms with Gasteiger partial charge in [0.15, 0.2) is 5.96 Å². The van der Waals surface area contributed by atoms with Gasteiger partial charge in [0.05, 0.1) is 18.1 Å². The molecule has 1 fully saturated rings. The summed E-state index contributed by atoms with van der Waals surface area (Å²) in [5.74, 6) is 2.38. The van der Waals surface area contributed by atoms with Crippen LogP contribution in [-0.2, 0) is 13.2 Å². The quantitative estimate of drug-likeness (QED) is 0.490. The summed E-state index contributed by atoms with van der Waals surface area (Å²) in [6.45, 7) is 5.38. The number of ether oxygens (including phenoxy) is 1. The standard InChI is InChI=1S/C24H30N6O/c1-19-9-12-29(16-23(19)30-13-11-26-18-30)24(25-2)28-15-20-6-5-8-22(14-20)31-17-21-7-3-4-10-27-21/h3-8,10-11,13-14,18-19,23H,9,12,15-17H2,1-2H3,(H,25,28). The molecule has 2 aromatic heterocycles. The van der Waals surface area contributed by atoms with Gasteiger partial charge in [0.1, 0.15) is 12.4 Å². The molecule has 31 heavy (non-hydrogen) atoms. The molecule has 0 spiro atoms. The molecule has 1 aliphatic rings. The number of aliphatic imine (C=N–C) groups is 1. The van der Waals surface area contributed by atoms with E-state index < -0.39 is 0 Å². The number of benzene rings is 1. The third-order valence-corrected chi connectivity index (χ3v) is 5.80. The Morgan fingerprint density at radius 2 is 2.16 bits per heavy atom. The highest BCUT2D eigenvalue weighted by molar-refractivity contribution is 5.80. The van der Waals surface area contributed by atoms with Gasteiger partial charge in [-0.05, 0) is 42.2 Å². The second-order valence-corrected chi connectivity index (χ2v) is 7.95. The van der Waals surface area contributed by atoms with Crippen LogP contribution in [0, 0.1) is 5.92 Å². The van der Waals surface area contributed by atoms with Gasteiger partial charge in [-0.3, -0.25) is 9.98 Å². The van der Waals surface area contributed by atoms with E-state index in [2.05, 4.69) is 55.0 Å². The Bertz CT molecular complexity index is 973. The summed E-state index contributed by atoms with van der Waals surface area (Å²) < 4.78 is 8.12. The predicted molar refractivity (Wildman–Crippen MR) is 122 cm³/mol. The van der Waals surface area contributed by atoms with Gasteiger partial charge in [-0.2, -0.15) is 0 Å². The zero-order chi connectivity index (χ0) is 21.5. The van der Waals surface area contributed by atoms with Crippen LogP contribution in [-0.4, -0.2) is 45.5 Å². The van der Waals surface area contributed by atoms with Gasteiger partial charge in [-0.25, -0.2) is 4.98 Å². The fraction of sp³-hybridized carbons (Fsp3) is 0.375. The Morgan fingerprint density at radius 1 is 1.23 bits per heavy atom. The third kappa shape index (κ3) is 5.42. The molecule has 3 aromatic rings. The van der Waals surface area contributed by atoms with E-state index in [-0.39, 0.29) is 0 Å². The van der Waals surface area contributed by atoms with Crippen molar-refractivity contribution in [1.82, 2.24) is 24.8 Å². The van der Waals surface area contributed by atoms with Crippen molar-refractivity contribution in [1.29, 1.82) is 0 Å². The highest BCUT2D eigenvalue weighted by Gasteiger charge is 2.28. The molecule has 1 saturated heterocycles. The molecule has 1 aliphatic heterocycles. The highest BCUT2D eigenvalue weighted by atomic mass is 16.5. The number of imidazole rings is 1. The van der Waals surface area contributed by atoms with Crippen LogP contribution in [0.5, 0.6) is 5.75 Å². The van der Waals surface area contributed by atoms with Crippen molar-refractivity contribution in [3.05, 3.63) is 78.6 Å². The molecular formula is C24H30N6O. The SMILES string of the molecule is CN=C(NCc1cccc(OCc2ccccn2)c1)N1CCC(C)C(n2ccnc2)C1. The molecule has 0 amide bonds. The largest absolute Gasteiger partial charge is 0.487 e. The van der Waals surface area contributed by atoms with E-state index in [0.717, 1.165) is 42.5 Å². The predicted octanol–water partition coefficient (Wildman–Crippen LogP) is 3.52. The van der Waals surface area contributed by atoms with E-state index in [1.165, 1.54) is 0 Å². The average Bonchev–Trinajstić information content (AvgIpc) is 3.35. The van der Waals surface area contributed by atoms with E-state index in [1.54, 1.807) is 6.20 Å². The number of aromatic nitrogens is 3. The lowest BCUT2D eigenvalue weighted by Crippen LogP contribution is -2.48. The summed E-state index contributed by atoms with van der Waals surface area (Å²) in [7, 11) is 1.85. The third-order valence-electron chi connectivity index (χ3n) is 5.80. The first kappa shape index (κ1) is 20.9. The number of nitrogens with zero attached hydrogens (tertiary/aromatic N) is 5. The average molecular weight is 419 g/mol. The number of likely N-dealkylation sites (tertiary alicyclic amines) is 1. The topological polar surface area (TPSA) is 67.6 Å². The molecule has 0 saturated carbocycles. The van der Waals surface area contributed by atoms with Gasteiger partial charge in [-0.1, -0.05) is 25.1 Å². The molecule has 2 unspecified atom stereocenters. The number of piperidine rings is 1. The Labute approximate surface area is 183 Å². The molecule has 1 aromatic carbocycles. The van der Waals surface area contributed by atoms with Crippen molar-refractivity contribution in [3.8, 4) is 5.75 Å². The van der Waals surface area contributed by atoms with Crippen molar-refractivity contribution >= 4 is 5.96 Å². The number of hydrogen-bond acceptors (Lipinski definition) is 4. The maximum absolute atomic E-state index is 5.91. The molecule has 0 bridgehead atoms. The highest BCUT2D eigenvalue weighted by Crippen LogP contribution is 2.27. The lowest BCUT2D eigenvalue weighted by atomic mass is 9.93. The van der Waals surface area contributed by atoms with Gasteiger partial charge in [0, 0.05) is 45.3 Å². The zero-order valence-corrected chi connectivity index (χ0v) is 18.2. The molecule has 1 N–H and O–H groups in total. The number of pyridine rings is 1. The van der Waals surface area contributed by atoms with E-state index in [1.807, 2.05) is 49.9 Å². The Morgan fingerprint density at radius 3 is 2.94 bits per heavy atom. The number of rotatable bonds is 6. The molecular weight excluding hydrogens is 388 g/mol. The minimum atomic E-state index is 0.401. The van der Waals surface area contributed by atoms with Crippen molar-refractivity contribution in [2.45, 2.75) is 32.5 Å². The zero-order valence-electron chi connectivity index (χ0n) is 18.2. The summed E-state index contributed by atoms with van der Waals surface area (Å²) in [4.78, 5) is 15.4. The van der Waals surface area contributed by atoms with E-state index >= 15 is 0 Å². The van der Waals surface area contributed by atoms with Crippen LogP contribution in [0.25, 0.3) is 0 Å². The maximum atomic E-state index is 5.91. The molecule has 162 valence electrons. The first-order valence-electron chi connectivity index (χ1n) is 10.8. The van der Waals surface area contributed by atoms with Crippen molar-refractivity contribution in [3.63, 3.8) is 0 Å². The second-order valence-electron chi connectivity index (χ2n) is 7.95. The van der Waals surface area contributed by atoms with E-state index in [4.69, 9.17) is 4.74 Å². The fourth-order valence-corrected chi connectivity index (χ4v) is 3.99. The van der Waals surface area contributed by atoms with E-state index in [9.17, 15) is 0 Å². The first-order chi connectivity index (χ1) is 15.2. The normalized spacial score (nSPS) is 19.3. The van der Waals surface area contributed by atoms with Gasteiger partial charge in [0.25, 0.3) is 0 Å². The number of hydrogen-bond donors (Lipinski definition) is 1. The van der Waals surface area contributed by atoms with Gasteiger partial charge >= 0.3 is 0 Å². The molecule has 0 radical (unpaired) electrons. The van der Waals surface area contributed by atoms with Crippen LogP contribution in [0.2, 0.25) is 0 Å². The summed E-state index contributed by atoms with van der Waals surface area (Å²) in [5, 5.41) is 3.52. The number of nitrogens with one attached hydrogen (secondary N) is 1. The second kappa shape index (κ2) is 10.1. The smallest absolute Gasteiger partial charge is 0.193 e. The minimum Gasteiger partial charge on any atom is -0.487 e. The van der Waals surface area contributed by atoms with Crippen LogP contribution >= 0.6 is 0 Å². The van der Waals surface area contributed by atoms with Gasteiger partial charge < -0.3 is 19.5 Å². The Balaban J connectivity index is 1.34. The molecule has 4 rings (SSSR count). The molecule has 7 heteroatoms. The summed E-state index contributed by atoms with van der Waals surface area (Å²) in [5.41, 5.74) is 2.06. The molecule has 7 nitrogen and oxygen atoms in total. The summed E-state index contributed by atoms with van der Waals surface area (Å²) >= 11 is 0. The van der Waals surface area contributed by atoms with Gasteiger partial charge in [-0.15, -0.1) is 0 Å². The van der Waals surface area contributed by atoms with Crippen molar-refractivity contribution in [2.75, 3.05) is 20.1 Å². The van der Waals surface area contributed by atoms with Crippen LogP contribution in [0.4, 0.5) is 0 Å². The van der Waals surface area contributed by atoms with Crippen molar-refractivity contribution in [2.24, 2.45) is 10.9 Å². The first-order valence-corrected chi connectivity index (χ1v) is 10.8.